The van der Waals surface area contributed by atoms with Crippen LogP contribution in [0, 0.1) is 6.92 Å². The van der Waals surface area contributed by atoms with Crippen LogP contribution in [-0.2, 0) is 4.79 Å². The first kappa shape index (κ1) is 17.0. The summed E-state index contributed by atoms with van der Waals surface area (Å²) in [6.07, 6.45) is 1.87. The van der Waals surface area contributed by atoms with Crippen LogP contribution in [0.1, 0.15) is 37.5 Å². The Bertz CT molecular complexity index is 737. The van der Waals surface area contributed by atoms with Crippen LogP contribution in [0.2, 0.25) is 0 Å². The highest BCUT2D eigenvalue weighted by Crippen LogP contribution is 2.32. The zero-order valence-corrected chi connectivity index (χ0v) is 14.0. The van der Waals surface area contributed by atoms with Crippen LogP contribution in [0.4, 0.5) is 0 Å². The lowest BCUT2D eigenvalue weighted by molar-refractivity contribution is -0.131. The SMILES string of the molecule is CC(=O)Oc1ccccc1/C=C(/c1cccc(C)c1)C(C)(C)O. The van der Waals surface area contributed by atoms with Gasteiger partial charge in [0, 0.05) is 12.5 Å². The van der Waals surface area contributed by atoms with E-state index in [1.807, 2.05) is 55.5 Å². The van der Waals surface area contributed by atoms with Crippen LogP contribution in [0.5, 0.6) is 5.75 Å². The Morgan fingerprint density at radius 3 is 2.43 bits per heavy atom. The van der Waals surface area contributed by atoms with Gasteiger partial charge >= 0.3 is 5.97 Å². The molecule has 3 nitrogen and oxygen atoms in total. The van der Waals surface area contributed by atoms with Gasteiger partial charge in [0.05, 0.1) is 5.60 Å². The molecule has 0 aliphatic heterocycles. The fraction of sp³-hybridized carbons (Fsp3) is 0.250. The fourth-order valence-corrected chi connectivity index (χ4v) is 2.43. The van der Waals surface area contributed by atoms with E-state index in [0.29, 0.717) is 5.75 Å². The van der Waals surface area contributed by atoms with E-state index in [-0.39, 0.29) is 5.97 Å². The van der Waals surface area contributed by atoms with Gasteiger partial charge < -0.3 is 9.84 Å². The van der Waals surface area contributed by atoms with E-state index < -0.39 is 5.60 Å². The summed E-state index contributed by atoms with van der Waals surface area (Å²) in [6.45, 7) is 6.88. The molecule has 0 saturated heterocycles. The Hall–Kier alpha value is -2.39. The zero-order chi connectivity index (χ0) is 17.0. The van der Waals surface area contributed by atoms with Crippen molar-refractivity contribution < 1.29 is 14.6 Å². The number of aryl methyl sites for hydroxylation is 1. The molecule has 3 heteroatoms. The molecule has 2 aromatic carbocycles. The first-order valence-corrected chi connectivity index (χ1v) is 7.56. The predicted molar refractivity (Wildman–Crippen MR) is 93.1 cm³/mol. The smallest absolute Gasteiger partial charge is 0.308 e. The van der Waals surface area contributed by atoms with E-state index in [1.165, 1.54) is 6.92 Å². The Labute approximate surface area is 137 Å². The van der Waals surface area contributed by atoms with Crippen molar-refractivity contribution >= 4 is 17.6 Å². The largest absolute Gasteiger partial charge is 0.426 e. The molecule has 0 unspecified atom stereocenters. The Balaban J connectivity index is 2.57. The first-order valence-electron chi connectivity index (χ1n) is 7.56. The van der Waals surface area contributed by atoms with Crippen molar-refractivity contribution in [2.75, 3.05) is 0 Å². The lowest BCUT2D eigenvalue weighted by Gasteiger charge is -2.23. The molecule has 0 aliphatic carbocycles. The van der Waals surface area contributed by atoms with E-state index in [0.717, 1.165) is 22.3 Å². The number of esters is 1. The molecular formula is C20H22O3. The quantitative estimate of drug-likeness (QED) is 0.522. The molecule has 0 saturated carbocycles. The number of hydrogen-bond acceptors (Lipinski definition) is 3. The van der Waals surface area contributed by atoms with Gasteiger partial charge in [-0.15, -0.1) is 0 Å². The summed E-state index contributed by atoms with van der Waals surface area (Å²) in [5.41, 5.74) is 2.54. The number of benzene rings is 2. The normalized spacial score (nSPS) is 12.1. The molecule has 23 heavy (non-hydrogen) atoms. The van der Waals surface area contributed by atoms with Crippen molar-refractivity contribution in [3.63, 3.8) is 0 Å². The lowest BCUT2D eigenvalue weighted by Crippen LogP contribution is -2.21. The van der Waals surface area contributed by atoms with Crippen LogP contribution in [-0.4, -0.2) is 16.7 Å². The third-order valence-electron chi connectivity index (χ3n) is 3.46. The number of aliphatic hydroxyl groups is 1. The average Bonchev–Trinajstić information content (AvgIpc) is 2.44. The van der Waals surface area contributed by atoms with Gasteiger partial charge in [0.15, 0.2) is 0 Å². The monoisotopic (exact) mass is 310 g/mol. The molecule has 120 valence electrons. The molecule has 2 rings (SSSR count). The van der Waals surface area contributed by atoms with Crippen molar-refractivity contribution in [3.05, 3.63) is 65.2 Å². The van der Waals surface area contributed by atoms with E-state index in [4.69, 9.17) is 4.74 Å². The van der Waals surface area contributed by atoms with Crippen LogP contribution in [0.25, 0.3) is 11.6 Å². The lowest BCUT2D eigenvalue weighted by atomic mass is 9.89. The maximum Gasteiger partial charge on any atom is 0.308 e. The molecule has 0 aliphatic rings. The van der Waals surface area contributed by atoms with E-state index in [1.54, 1.807) is 19.9 Å². The minimum atomic E-state index is -1.03. The summed E-state index contributed by atoms with van der Waals surface area (Å²) in [4.78, 5) is 11.3. The van der Waals surface area contributed by atoms with Gasteiger partial charge in [-0.3, -0.25) is 4.79 Å². The Kier molecular flexibility index (Phi) is 5.02. The Morgan fingerprint density at radius 1 is 1.13 bits per heavy atom. The van der Waals surface area contributed by atoms with Crippen LogP contribution < -0.4 is 4.74 Å². The molecule has 0 spiro atoms. The summed E-state index contributed by atoms with van der Waals surface area (Å²) >= 11 is 0. The summed E-state index contributed by atoms with van der Waals surface area (Å²) in [5.74, 6) is 0.112. The van der Waals surface area contributed by atoms with Crippen molar-refractivity contribution in [1.82, 2.24) is 0 Å². The number of ether oxygens (including phenoxy) is 1. The van der Waals surface area contributed by atoms with E-state index >= 15 is 0 Å². The van der Waals surface area contributed by atoms with Crippen LogP contribution in [0.3, 0.4) is 0 Å². The molecule has 0 radical (unpaired) electrons. The number of para-hydroxylation sites is 1. The third kappa shape index (κ3) is 4.54. The van der Waals surface area contributed by atoms with Gasteiger partial charge in [-0.25, -0.2) is 0 Å². The summed E-state index contributed by atoms with van der Waals surface area (Å²) < 4.78 is 5.25. The van der Waals surface area contributed by atoms with Crippen molar-refractivity contribution in [1.29, 1.82) is 0 Å². The van der Waals surface area contributed by atoms with Gasteiger partial charge in [-0.05, 0) is 44.1 Å². The maximum atomic E-state index is 11.3. The highest BCUT2D eigenvalue weighted by Gasteiger charge is 2.21. The molecular weight excluding hydrogens is 288 g/mol. The van der Waals surface area contributed by atoms with E-state index in [2.05, 4.69) is 0 Å². The fourth-order valence-electron chi connectivity index (χ4n) is 2.43. The number of carbonyl (C=O) groups excluding carboxylic acids is 1. The maximum absolute atomic E-state index is 11.3. The molecule has 0 aromatic heterocycles. The number of rotatable bonds is 4. The van der Waals surface area contributed by atoms with Gasteiger partial charge in [0.25, 0.3) is 0 Å². The second-order valence-electron chi connectivity index (χ2n) is 6.12. The zero-order valence-electron chi connectivity index (χ0n) is 14.0. The number of carbonyl (C=O) groups is 1. The van der Waals surface area contributed by atoms with Gasteiger partial charge in [0.2, 0.25) is 0 Å². The summed E-state index contributed by atoms with van der Waals surface area (Å²) in [5, 5.41) is 10.6. The molecule has 0 amide bonds. The predicted octanol–water partition coefficient (Wildman–Crippen LogP) is 4.23. The van der Waals surface area contributed by atoms with E-state index in [9.17, 15) is 9.90 Å². The third-order valence-corrected chi connectivity index (χ3v) is 3.46. The second-order valence-corrected chi connectivity index (χ2v) is 6.12. The summed E-state index contributed by atoms with van der Waals surface area (Å²) in [6, 6.07) is 15.2. The van der Waals surface area contributed by atoms with Gasteiger partial charge in [-0.1, -0.05) is 48.0 Å². The first-order chi connectivity index (χ1) is 10.8. The molecule has 1 N–H and O–H groups in total. The van der Waals surface area contributed by atoms with Gasteiger partial charge in [-0.2, -0.15) is 0 Å². The average molecular weight is 310 g/mol. The van der Waals surface area contributed by atoms with Crippen molar-refractivity contribution in [3.8, 4) is 5.75 Å². The molecule has 0 heterocycles. The minimum Gasteiger partial charge on any atom is -0.426 e. The van der Waals surface area contributed by atoms with Gasteiger partial charge in [0.1, 0.15) is 5.75 Å². The Morgan fingerprint density at radius 2 is 1.83 bits per heavy atom. The molecule has 2 aromatic rings. The summed E-state index contributed by atoms with van der Waals surface area (Å²) in [7, 11) is 0. The molecule has 0 fully saturated rings. The van der Waals surface area contributed by atoms with Crippen molar-refractivity contribution in [2.24, 2.45) is 0 Å². The topological polar surface area (TPSA) is 46.5 Å². The molecule has 0 bridgehead atoms. The minimum absolute atomic E-state index is 0.369. The van der Waals surface area contributed by atoms with Crippen molar-refractivity contribution in [2.45, 2.75) is 33.3 Å². The standard InChI is InChI=1S/C20H22O3/c1-14-8-7-10-16(12-14)18(20(3,4)22)13-17-9-5-6-11-19(17)23-15(2)21/h5-13,22H,1-4H3/b18-13-. The highest BCUT2D eigenvalue weighted by molar-refractivity contribution is 5.87. The second kappa shape index (κ2) is 6.80. The molecule has 0 atom stereocenters. The van der Waals surface area contributed by atoms with Crippen LogP contribution >= 0.6 is 0 Å². The highest BCUT2D eigenvalue weighted by atomic mass is 16.5. The van der Waals surface area contributed by atoms with Crippen LogP contribution in [0.15, 0.2) is 48.5 Å². The number of hydrogen-bond donors (Lipinski definition) is 1.